The monoisotopic (exact) mass is 246 g/mol. The predicted molar refractivity (Wildman–Crippen MR) is 68.2 cm³/mol. The SMILES string of the molecule is Oc1ccc(CNNCc2ccc(F)cc2)cc1. The summed E-state index contributed by atoms with van der Waals surface area (Å²) >= 11 is 0. The Balaban J connectivity index is 1.73. The van der Waals surface area contributed by atoms with Crippen LogP contribution < -0.4 is 10.9 Å². The summed E-state index contributed by atoms with van der Waals surface area (Å²) in [6.45, 7) is 1.28. The average molecular weight is 246 g/mol. The number of aromatic hydroxyl groups is 1. The topological polar surface area (TPSA) is 44.3 Å². The Morgan fingerprint density at radius 3 is 1.72 bits per heavy atom. The molecule has 18 heavy (non-hydrogen) atoms. The van der Waals surface area contributed by atoms with Gasteiger partial charge in [-0.3, -0.25) is 10.9 Å². The van der Waals surface area contributed by atoms with Gasteiger partial charge in [0.15, 0.2) is 0 Å². The van der Waals surface area contributed by atoms with Crippen LogP contribution in [0.3, 0.4) is 0 Å². The van der Waals surface area contributed by atoms with Crippen LogP contribution in [0.5, 0.6) is 5.75 Å². The molecule has 0 amide bonds. The van der Waals surface area contributed by atoms with E-state index in [0.717, 1.165) is 11.1 Å². The van der Waals surface area contributed by atoms with Crippen molar-refractivity contribution >= 4 is 0 Å². The number of phenols is 1. The number of halogens is 1. The van der Waals surface area contributed by atoms with Crippen LogP contribution in [0.4, 0.5) is 4.39 Å². The third kappa shape index (κ3) is 3.84. The first kappa shape index (κ1) is 12.5. The number of hydrazine groups is 1. The number of phenolic OH excluding ortho intramolecular Hbond substituents is 1. The van der Waals surface area contributed by atoms with Crippen LogP contribution in [0, 0.1) is 5.82 Å². The zero-order valence-electron chi connectivity index (χ0n) is 9.86. The Hall–Kier alpha value is -1.91. The minimum absolute atomic E-state index is 0.226. The second-order valence-electron chi connectivity index (χ2n) is 4.00. The maximum Gasteiger partial charge on any atom is 0.123 e. The molecule has 0 saturated heterocycles. The van der Waals surface area contributed by atoms with Crippen molar-refractivity contribution in [2.24, 2.45) is 0 Å². The number of hydrogen-bond donors (Lipinski definition) is 3. The van der Waals surface area contributed by atoms with Crippen molar-refractivity contribution in [2.75, 3.05) is 0 Å². The van der Waals surface area contributed by atoms with Crippen LogP contribution in [0.2, 0.25) is 0 Å². The highest BCUT2D eigenvalue weighted by Gasteiger charge is 1.95. The van der Waals surface area contributed by atoms with Crippen molar-refractivity contribution in [3.05, 3.63) is 65.5 Å². The van der Waals surface area contributed by atoms with Crippen molar-refractivity contribution in [3.63, 3.8) is 0 Å². The summed E-state index contributed by atoms with van der Waals surface area (Å²) in [5, 5.41) is 9.13. The van der Waals surface area contributed by atoms with Gasteiger partial charge in [-0.25, -0.2) is 4.39 Å². The van der Waals surface area contributed by atoms with Gasteiger partial charge < -0.3 is 5.11 Å². The average Bonchev–Trinajstić information content (AvgIpc) is 2.39. The van der Waals surface area contributed by atoms with Crippen LogP contribution in [0.25, 0.3) is 0 Å². The summed E-state index contributed by atoms with van der Waals surface area (Å²) in [6, 6.07) is 13.4. The summed E-state index contributed by atoms with van der Waals surface area (Å²) in [5.41, 5.74) is 8.19. The van der Waals surface area contributed by atoms with E-state index in [2.05, 4.69) is 10.9 Å². The standard InChI is InChI=1S/C14H15FN2O/c15-13-5-1-11(2-6-13)9-16-17-10-12-3-7-14(18)8-4-12/h1-8,16-18H,9-10H2. The van der Waals surface area contributed by atoms with Crippen molar-refractivity contribution < 1.29 is 9.50 Å². The molecule has 0 aliphatic carbocycles. The number of nitrogens with one attached hydrogen (secondary N) is 2. The second kappa shape index (κ2) is 6.14. The molecule has 2 aromatic carbocycles. The lowest BCUT2D eigenvalue weighted by atomic mass is 10.2. The third-order valence-electron chi connectivity index (χ3n) is 2.56. The van der Waals surface area contributed by atoms with E-state index in [9.17, 15) is 4.39 Å². The molecule has 2 aromatic rings. The maximum absolute atomic E-state index is 12.7. The molecule has 0 aliphatic rings. The van der Waals surface area contributed by atoms with Gasteiger partial charge in [-0.2, -0.15) is 0 Å². The molecular formula is C14H15FN2O. The summed E-state index contributed by atoms with van der Waals surface area (Å²) < 4.78 is 12.7. The van der Waals surface area contributed by atoms with Gasteiger partial charge in [0.05, 0.1) is 0 Å². The first-order valence-electron chi connectivity index (χ1n) is 5.72. The smallest absolute Gasteiger partial charge is 0.123 e. The van der Waals surface area contributed by atoms with E-state index in [1.807, 2.05) is 12.1 Å². The molecule has 0 spiro atoms. The zero-order chi connectivity index (χ0) is 12.8. The normalized spacial score (nSPS) is 10.5. The molecular weight excluding hydrogens is 231 g/mol. The van der Waals surface area contributed by atoms with Gasteiger partial charge in [-0.1, -0.05) is 24.3 Å². The Morgan fingerprint density at radius 1 is 0.778 bits per heavy atom. The van der Waals surface area contributed by atoms with E-state index in [1.165, 1.54) is 12.1 Å². The van der Waals surface area contributed by atoms with E-state index >= 15 is 0 Å². The maximum atomic E-state index is 12.7. The molecule has 0 saturated carbocycles. The molecule has 94 valence electrons. The van der Waals surface area contributed by atoms with Crippen LogP contribution in [0.1, 0.15) is 11.1 Å². The van der Waals surface area contributed by atoms with E-state index in [0.29, 0.717) is 13.1 Å². The van der Waals surface area contributed by atoms with Gasteiger partial charge >= 0.3 is 0 Å². The molecule has 4 heteroatoms. The highest BCUT2D eigenvalue weighted by Crippen LogP contribution is 2.08. The number of rotatable bonds is 5. The largest absolute Gasteiger partial charge is 0.508 e. The molecule has 0 aromatic heterocycles. The van der Waals surface area contributed by atoms with Crippen LogP contribution in [0.15, 0.2) is 48.5 Å². The Kier molecular flexibility index (Phi) is 4.28. The highest BCUT2D eigenvalue weighted by atomic mass is 19.1. The molecule has 0 aliphatic heterocycles. The van der Waals surface area contributed by atoms with Crippen molar-refractivity contribution in [2.45, 2.75) is 13.1 Å². The molecule has 3 nitrogen and oxygen atoms in total. The lowest BCUT2D eigenvalue weighted by Crippen LogP contribution is -2.30. The highest BCUT2D eigenvalue weighted by molar-refractivity contribution is 5.25. The third-order valence-corrected chi connectivity index (χ3v) is 2.56. The first-order valence-corrected chi connectivity index (χ1v) is 5.72. The fraction of sp³-hybridized carbons (Fsp3) is 0.143. The zero-order valence-corrected chi connectivity index (χ0v) is 9.86. The number of benzene rings is 2. The predicted octanol–water partition coefficient (Wildman–Crippen LogP) is 2.33. The van der Waals surface area contributed by atoms with Crippen molar-refractivity contribution in [1.82, 2.24) is 10.9 Å². The molecule has 0 bridgehead atoms. The van der Waals surface area contributed by atoms with Gasteiger partial charge in [0.25, 0.3) is 0 Å². The van der Waals surface area contributed by atoms with Crippen molar-refractivity contribution in [1.29, 1.82) is 0 Å². The van der Waals surface area contributed by atoms with Crippen LogP contribution >= 0.6 is 0 Å². The molecule has 0 radical (unpaired) electrons. The fourth-order valence-corrected chi connectivity index (χ4v) is 1.55. The molecule has 2 rings (SSSR count). The minimum atomic E-state index is -0.226. The molecule has 0 heterocycles. The Morgan fingerprint density at radius 2 is 1.22 bits per heavy atom. The van der Waals surface area contributed by atoms with Gasteiger partial charge in [-0.15, -0.1) is 0 Å². The molecule has 0 atom stereocenters. The molecule has 0 fully saturated rings. The van der Waals surface area contributed by atoms with E-state index in [4.69, 9.17) is 5.11 Å². The van der Waals surface area contributed by atoms with Gasteiger partial charge in [0.2, 0.25) is 0 Å². The number of hydrogen-bond acceptors (Lipinski definition) is 3. The van der Waals surface area contributed by atoms with Crippen LogP contribution in [-0.2, 0) is 13.1 Å². The van der Waals surface area contributed by atoms with Gasteiger partial charge in [0, 0.05) is 13.1 Å². The van der Waals surface area contributed by atoms with Gasteiger partial charge in [0.1, 0.15) is 11.6 Å². The summed E-state index contributed by atoms with van der Waals surface area (Å²) in [4.78, 5) is 0. The fourth-order valence-electron chi connectivity index (χ4n) is 1.55. The van der Waals surface area contributed by atoms with E-state index in [-0.39, 0.29) is 11.6 Å². The Bertz CT molecular complexity index is 435. The minimum Gasteiger partial charge on any atom is -0.508 e. The first-order chi connectivity index (χ1) is 8.74. The molecule has 3 N–H and O–H groups in total. The van der Waals surface area contributed by atoms with Crippen molar-refractivity contribution in [3.8, 4) is 5.75 Å². The van der Waals surface area contributed by atoms with E-state index < -0.39 is 0 Å². The van der Waals surface area contributed by atoms with Gasteiger partial charge in [-0.05, 0) is 35.4 Å². The Labute approximate surface area is 105 Å². The van der Waals surface area contributed by atoms with Crippen LogP contribution in [-0.4, -0.2) is 5.11 Å². The lowest BCUT2D eigenvalue weighted by Gasteiger charge is -2.07. The summed E-state index contributed by atoms with van der Waals surface area (Å²) in [6.07, 6.45) is 0. The summed E-state index contributed by atoms with van der Waals surface area (Å²) in [5.74, 6) is 0.0359. The second-order valence-corrected chi connectivity index (χ2v) is 4.00. The lowest BCUT2D eigenvalue weighted by molar-refractivity contribution is 0.474. The molecule has 0 unspecified atom stereocenters. The quantitative estimate of drug-likeness (QED) is 0.560. The van der Waals surface area contributed by atoms with E-state index in [1.54, 1.807) is 24.3 Å². The summed E-state index contributed by atoms with van der Waals surface area (Å²) in [7, 11) is 0.